The van der Waals surface area contributed by atoms with Crippen LogP contribution in [0.5, 0.6) is 0 Å². The maximum atomic E-state index is 13.7. The third-order valence-electron chi connectivity index (χ3n) is 2.68. The predicted molar refractivity (Wildman–Crippen MR) is 61.5 cm³/mol. The summed E-state index contributed by atoms with van der Waals surface area (Å²) in [5, 5.41) is 8.62. The largest absolute Gasteiger partial charge is 0.481 e. The molecule has 0 saturated heterocycles. The van der Waals surface area contributed by atoms with Crippen molar-refractivity contribution in [3.05, 3.63) is 33.6 Å². The molecule has 0 spiro atoms. The molecule has 0 aliphatic rings. The van der Waals surface area contributed by atoms with Gasteiger partial charge < -0.3 is 5.11 Å². The number of hydrogen-bond donors (Lipinski definition) is 1. The first-order valence-corrected chi connectivity index (χ1v) is 5.47. The van der Waals surface area contributed by atoms with Gasteiger partial charge in [0.1, 0.15) is 5.82 Å². The van der Waals surface area contributed by atoms with E-state index in [0.29, 0.717) is 18.4 Å². The molecule has 1 aromatic rings. The number of halogens is 2. The fourth-order valence-corrected chi connectivity index (χ4v) is 1.90. The van der Waals surface area contributed by atoms with Crippen LogP contribution >= 0.6 is 11.6 Å². The molecule has 0 saturated carbocycles. The first-order chi connectivity index (χ1) is 7.43. The predicted octanol–water partition coefficient (Wildman–Crippen LogP) is 3.50. The second kappa shape index (κ2) is 5.30. The van der Waals surface area contributed by atoms with Gasteiger partial charge in [-0.05, 0) is 49.4 Å². The minimum absolute atomic E-state index is 0.0461. The van der Waals surface area contributed by atoms with Gasteiger partial charge in [0.25, 0.3) is 0 Å². The average molecular weight is 245 g/mol. The smallest absolute Gasteiger partial charge is 0.303 e. The third kappa shape index (κ3) is 2.95. The van der Waals surface area contributed by atoms with Gasteiger partial charge in [0.15, 0.2) is 0 Å². The molecule has 0 amide bonds. The highest BCUT2D eigenvalue weighted by molar-refractivity contribution is 6.30. The molecule has 0 aromatic heterocycles. The van der Waals surface area contributed by atoms with Crippen LogP contribution in [0, 0.1) is 19.7 Å². The summed E-state index contributed by atoms with van der Waals surface area (Å²) >= 11 is 5.74. The molecule has 0 heterocycles. The van der Waals surface area contributed by atoms with Gasteiger partial charge in [0.05, 0.1) is 5.02 Å². The lowest BCUT2D eigenvalue weighted by Gasteiger charge is -2.11. The summed E-state index contributed by atoms with van der Waals surface area (Å²) in [5.74, 6) is -1.29. The monoisotopic (exact) mass is 244 g/mol. The number of carbonyl (C=O) groups is 1. The number of carboxylic acid groups (broad SMARTS) is 1. The number of hydrogen-bond acceptors (Lipinski definition) is 1. The van der Waals surface area contributed by atoms with Crippen molar-refractivity contribution in [1.82, 2.24) is 0 Å². The number of aliphatic carboxylic acids is 1. The van der Waals surface area contributed by atoms with Crippen molar-refractivity contribution in [2.45, 2.75) is 33.1 Å². The van der Waals surface area contributed by atoms with Crippen LogP contribution in [0.25, 0.3) is 0 Å². The van der Waals surface area contributed by atoms with E-state index in [2.05, 4.69) is 0 Å². The summed E-state index contributed by atoms with van der Waals surface area (Å²) in [6.07, 6.45) is 0.878. The Hall–Kier alpha value is -1.09. The molecule has 1 rings (SSSR count). The van der Waals surface area contributed by atoms with Crippen LogP contribution in [0.3, 0.4) is 0 Å². The summed E-state index contributed by atoms with van der Waals surface area (Å²) < 4.78 is 13.7. The molecule has 0 unspecified atom stereocenters. The van der Waals surface area contributed by atoms with Gasteiger partial charge in [-0.1, -0.05) is 11.6 Å². The average Bonchev–Trinajstić information content (AvgIpc) is 2.20. The van der Waals surface area contributed by atoms with Crippen molar-refractivity contribution in [2.75, 3.05) is 0 Å². The summed E-state index contributed by atoms with van der Waals surface area (Å²) in [6, 6.07) is 1.59. The second-order valence-corrected chi connectivity index (χ2v) is 4.25. The van der Waals surface area contributed by atoms with Crippen LogP contribution in [0.2, 0.25) is 5.02 Å². The maximum absolute atomic E-state index is 13.7. The highest BCUT2D eigenvalue weighted by atomic mass is 35.5. The second-order valence-electron chi connectivity index (χ2n) is 3.84. The van der Waals surface area contributed by atoms with Crippen LogP contribution in [0.4, 0.5) is 4.39 Å². The van der Waals surface area contributed by atoms with Crippen LogP contribution in [0.1, 0.15) is 29.5 Å². The van der Waals surface area contributed by atoms with Gasteiger partial charge in [-0.2, -0.15) is 0 Å². The van der Waals surface area contributed by atoms with Gasteiger partial charge in [0.2, 0.25) is 0 Å². The Morgan fingerprint density at radius 1 is 1.50 bits per heavy atom. The highest BCUT2D eigenvalue weighted by Gasteiger charge is 2.12. The van der Waals surface area contributed by atoms with Gasteiger partial charge in [-0.25, -0.2) is 4.39 Å². The zero-order valence-electron chi connectivity index (χ0n) is 9.31. The van der Waals surface area contributed by atoms with Crippen LogP contribution in [0.15, 0.2) is 6.07 Å². The molecular formula is C12H14ClFO2. The van der Waals surface area contributed by atoms with E-state index in [4.69, 9.17) is 16.7 Å². The van der Waals surface area contributed by atoms with E-state index in [1.807, 2.05) is 13.8 Å². The number of carboxylic acids is 1. The van der Waals surface area contributed by atoms with Crippen molar-refractivity contribution >= 4 is 17.6 Å². The van der Waals surface area contributed by atoms with Crippen LogP contribution < -0.4 is 0 Å². The van der Waals surface area contributed by atoms with Crippen molar-refractivity contribution in [3.8, 4) is 0 Å². The fourth-order valence-electron chi connectivity index (χ4n) is 1.62. The summed E-state index contributed by atoms with van der Waals surface area (Å²) in [6.45, 7) is 3.69. The van der Waals surface area contributed by atoms with Crippen LogP contribution in [-0.4, -0.2) is 11.1 Å². The lowest BCUT2D eigenvalue weighted by molar-refractivity contribution is -0.137. The molecule has 4 heteroatoms. The molecule has 0 aliphatic heterocycles. The van der Waals surface area contributed by atoms with Crippen molar-refractivity contribution in [3.63, 3.8) is 0 Å². The molecule has 0 radical (unpaired) electrons. The molecule has 0 atom stereocenters. The van der Waals surface area contributed by atoms with Crippen molar-refractivity contribution < 1.29 is 14.3 Å². The Balaban J connectivity index is 2.90. The van der Waals surface area contributed by atoms with E-state index < -0.39 is 11.8 Å². The fraction of sp³-hybridized carbons (Fsp3) is 0.417. The maximum Gasteiger partial charge on any atom is 0.303 e. The zero-order valence-corrected chi connectivity index (χ0v) is 10.1. The Bertz CT molecular complexity index is 390. The van der Waals surface area contributed by atoms with Crippen molar-refractivity contribution in [2.24, 2.45) is 0 Å². The van der Waals surface area contributed by atoms with E-state index in [0.717, 1.165) is 11.1 Å². The third-order valence-corrected chi connectivity index (χ3v) is 2.95. The van der Waals surface area contributed by atoms with Gasteiger partial charge in [-0.3, -0.25) is 4.79 Å². The molecule has 0 aliphatic carbocycles. The molecule has 1 aromatic carbocycles. The molecule has 2 nitrogen and oxygen atoms in total. The molecule has 0 bridgehead atoms. The lowest BCUT2D eigenvalue weighted by Crippen LogP contribution is -2.01. The van der Waals surface area contributed by atoms with Gasteiger partial charge >= 0.3 is 5.97 Å². The first kappa shape index (κ1) is 13.0. The van der Waals surface area contributed by atoms with Crippen LogP contribution in [-0.2, 0) is 11.2 Å². The molecular weight excluding hydrogens is 231 g/mol. The number of benzene rings is 1. The minimum atomic E-state index is -0.864. The normalized spacial score (nSPS) is 10.5. The minimum Gasteiger partial charge on any atom is -0.481 e. The summed E-state index contributed by atoms with van der Waals surface area (Å²) in [5.41, 5.74) is 2.32. The molecule has 88 valence electrons. The lowest BCUT2D eigenvalue weighted by atomic mass is 9.98. The van der Waals surface area contributed by atoms with E-state index in [9.17, 15) is 9.18 Å². The van der Waals surface area contributed by atoms with Crippen molar-refractivity contribution in [1.29, 1.82) is 0 Å². The quantitative estimate of drug-likeness (QED) is 0.880. The van der Waals surface area contributed by atoms with Gasteiger partial charge in [0, 0.05) is 6.42 Å². The summed E-state index contributed by atoms with van der Waals surface area (Å²) in [4.78, 5) is 10.4. The zero-order chi connectivity index (χ0) is 12.3. The Morgan fingerprint density at radius 2 is 2.12 bits per heavy atom. The van der Waals surface area contributed by atoms with Gasteiger partial charge in [-0.15, -0.1) is 0 Å². The highest BCUT2D eigenvalue weighted by Crippen LogP contribution is 2.26. The number of aryl methyl sites for hydroxylation is 1. The number of rotatable bonds is 4. The molecule has 0 fully saturated rings. The Kier molecular flexibility index (Phi) is 4.30. The SMILES string of the molecule is Cc1cc(Cl)c(F)c(CCCC(=O)O)c1C. The van der Waals surface area contributed by atoms with E-state index in [-0.39, 0.29) is 11.4 Å². The molecule has 16 heavy (non-hydrogen) atoms. The standard InChI is InChI=1S/C12H14ClFO2/c1-7-6-10(13)12(14)9(8(7)2)4-3-5-11(15)16/h6H,3-5H2,1-2H3,(H,15,16). The van der Waals surface area contributed by atoms with E-state index >= 15 is 0 Å². The molecule has 1 N–H and O–H groups in total. The Labute approximate surface area is 99.0 Å². The van der Waals surface area contributed by atoms with E-state index in [1.165, 1.54) is 0 Å². The first-order valence-electron chi connectivity index (χ1n) is 5.09. The Morgan fingerprint density at radius 3 is 2.69 bits per heavy atom. The summed E-state index contributed by atoms with van der Waals surface area (Å²) in [7, 11) is 0. The topological polar surface area (TPSA) is 37.3 Å². The van der Waals surface area contributed by atoms with E-state index in [1.54, 1.807) is 6.07 Å².